The standard InChI is InChI=1S/C14H23NO2/c1-3-12-4-6-13(7-5-12)10-15(2)14(11-17)8-9-16/h4-7,14,16-17H,3,8-11H2,1-2H3. The molecule has 1 aromatic rings. The Hall–Kier alpha value is -0.900. The first-order chi connectivity index (χ1) is 8.21. The van der Waals surface area contributed by atoms with Crippen LogP contribution in [0.1, 0.15) is 24.5 Å². The first-order valence-electron chi connectivity index (χ1n) is 6.21. The molecular formula is C14H23NO2. The van der Waals surface area contributed by atoms with Gasteiger partial charge in [0, 0.05) is 19.2 Å². The van der Waals surface area contributed by atoms with E-state index in [2.05, 4.69) is 36.1 Å². The van der Waals surface area contributed by atoms with Crippen LogP contribution in [0.2, 0.25) is 0 Å². The molecular weight excluding hydrogens is 214 g/mol. The summed E-state index contributed by atoms with van der Waals surface area (Å²) in [5, 5.41) is 18.1. The Labute approximate surface area is 104 Å². The molecule has 1 atom stereocenters. The van der Waals surface area contributed by atoms with Crippen LogP contribution in [0.4, 0.5) is 0 Å². The van der Waals surface area contributed by atoms with Crippen LogP contribution in [-0.2, 0) is 13.0 Å². The van der Waals surface area contributed by atoms with Crippen molar-refractivity contribution in [2.24, 2.45) is 0 Å². The van der Waals surface area contributed by atoms with Crippen molar-refractivity contribution >= 4 is 0 Å². The zero-order chi connectivity index (χ0) is 12.7. The molecule has 17 heavy (non-hydrogen) atoms. The summed E-state index contributed by atoms with van der Waals surface area (Å²) in [5.41, 5.74) is 2.58. The number of nitrogens with zero attached hydrogens (tertiary/aromatic N) is 1. The number of rotatable bonds is 7. The fourth-order valence-electron chi connectivity index (χ4n) is 1.90. The highest BCUT2D eigenvalue weighted by molar-refractivity contribution is 5.22. The third kappa shape index (κ3) is 4.46. The molecule has 0 radical (unpaired) electrons. The van der Waals surface area contributed by atoms with Crippen LogP contribution in [0.25, 0.3) is 0 Å². The number of aryl methyl sites for hydroxylation is 1. The van der Waals surface area contributed by atoms with Crippen molar-refractivity contribution in [2.75, 3.05) is 20.3 Å². The Morgan fingerprint density at radius 3 is 2.18 bits per heavy atom. The van der Waals surface area contributed by atoms with Crippen LogP contribution in [-0.4, -0.2) is 41.4 Å². The van der Waals surface area contributed by atoms with Gasteiger partial charge in [0.1, 0.15) is 0 Å². The van der Waals surface area contributed by atoms with Gasteiger partial charge in [0.15, 0.2) is 0 Å². The second-order valence-corrected chi connectivity index (χ2v) is 4.43. The highest BCUT2D eigenvalue weighted by Crippen LogP contribution is 2.10. The molecule has 0 aliphatic carbocycles. The summed E-state index contributed by atoms with van der Waals surface area (Å²) in [4.78, 5) is 2.08. The van der Waals surface area contributed by atoms with Crippen LogP contribution >= 0.6 is 0 Å². The van der Waals surface area contributed by atoms with Gasteiger partial charge in [-0.2, -0.15) is 0 Å². The fraction of sp³-hybridized carbons (Fsp3) is 0.571. The van der Waals surface area contributed by atoms with E-state index in [-0.39, 0.29) is 19.3 Å². The largest absolute Gasteiger partial charge is 0.396 e. The van der Waals surface area contributed by atoms with Crippen molar-refractivity contribution in [3.05, 3.63) is 35.4 Å². The minimum atomic E-state index is 0.0332. The third-order valence-electron chi connectivity index (χ3n) is 3.16. The smallest absolute Gasteiger partial charge is 0.0587 e. The molecule has 0 aliphatic rings. The van der Waals surface area contributed by atoms with Gasteiger partial charge < -0.3 is 10.2 Å². The lowest BCUT2D eigenvalue weighted by molar-refractivity contribution is 0.115. The van der Waals surface area contributed by atoms with Gasteiger partial charge in [-0.3, -0.25) is 4.90 Å². The lowest BCUT2D eigenvalue weighted by Gasteiger charge is -2.25. The lowest BCUT2D eigenvalue weighted by Crippen LogP contribution is -2.35. The summed E-state index contributed by atoms with van der Waals surface area (Å²) < 4.78 is 0. The molecule has 0 aromatic heterocycles. The maximum absolute atomic E-state index is 9.23. The number of benzene rings is 1. The first kappa shape index (κ1) is 14.2. The minimum absolute atomic E-state index is 0.0332. The zero-order valence-corrected chi connectivity index (χ0v) is 10.8. The topological polar surface area (TPSA) is 43.7 Å². The van der Waals surface area contributed by atoms with E-state index >= 15 is 0 Å². The quantitative estimate of drug-likeness (QED) is 0.754. The molecule has 3 nitrogen and oxygen atoms in total. The summed E-state index contributed by atoms with van der Waals surface area (Å²) in [6.07, 6.45) is 1.67. The molecule has 0 fully saturated rings. The summed E-state index contributed by atoms with van der Waals surface area (Å²) in [5.74, 6) is 0. The molecule has 0 spiro atoms. The third-order valence-corrected chi connectivity index (χ3v) is 3.16. The highest BCUT2D eigenvalue weighted by atomic mass is 16.3. The summed E-state index contributed by atoms with van der Waals surface area (Å²) in [6.45, 7) is 3.15. The molecule has 2 N–H and O–H groups in total. The number of likely N-dealkylation sites (N-methyl/N-ethyl adjacent to an activating group) is 1. The van der Waals surface area contributed by atoms with E-state index in [4.69, 9.17) is 5.11 Å². The lowest BCUT2D eigenvalue weighted by atomic mass is 10.1. The Kier molecular flexibility index (Phi) is 6.19. The van der Waals surface area contributed by atoms with Gasteiger partial charge in [0.2, 0.25) is 0 Å². The van der Waals surface area contributed by atoms with Gasteiger partial charge in [-0.15, -0.1) is 0 Å². The molecule has 96 valence electrons. The van der Waals surface area contributed by atoms with E-state index in [0.717, 1.165) is 13.0 Å². The van der Waals surface area contributed by atoms with Crippen LogP contribution in [0.3, 0.4) is 0 Å². The van der Waals surface area contributed by atoms with Crippen molar-refractivity contribution in [3.8, 4) is 0 Å². The van der Waals surface area contributed by atoms with Crippen LogP contribution in [0.5, 0.6) is 0 Å². The first-order valence-corrected chi connectivity index (χ1v) is 6.21. The molecule has 0 saturated carbocycles. The molecule has 3 heteroatoms. The van der Waals surface area contributed by atoms with Crippen LogP contribution in [0.15, 0.2) is 24.3 Å². The van der Waals surface area contributed by atoms with Gasteiger partial charge in [-0.1, -0.05) is 31.2 Å². The SMILES string of the molecule is CCc1ccc(CN(C)C(CO)CCO)cc1. The molecule has 0 heterocycles. The number of aliphatic hydroxyl groups is 2. The maximum atomic E-state index is 9.23. The summed E-state index contributed by atoms with van der Waals surface area (Å²) in [7, 11) is 1.98. The number of aliphatic hydroxyl groups excluding tert-OH is 2. The van der Waals surface area contributed by atoms with Crippen molar-refractivity contribution < 1.29 is 10.2 Å². The van der Waals surface area contributed by atoms with Gasteiger partial charge >= 0.3 is 0 Å². The monoisotopic (exact) mass is 237 g/mol. The molecule has 0 saturated heterocycles. The van der Waals surface area contributed by atoms with Crippen molar-refractivity contribution in [1.29, 1.82) is 0 Å². The average Bonchev–Trinajstić information content (AvgIpc) is 2.36. The van der Waals surface area contributed by atoms with E-state index in [1.54, 1.807) is 0 Å². The highest BCUT2D eigenvalue weighted by Gasteiger charge is 2.13. The molecule has 0 amide bonds. The Balaban J connectivity index is 2.56. The Bertz CT molecular complexity index is 311. The second-order valence-electron chi connectivity index (χ2n) is 4.43. The van der Waals surface area contributed by atoms with E-state index in [0.29, 0.717) is 6.42 Å². The molecule has 0 bridgehead atoms. The van der Waals surface area contributed by atoms with E-state index in [9.17, 15) is 5.11 Å². The Morgan fingerprint density at radius 1 is 1.12 bits per heavy atom. The van der Waals surface area contributed by atoms with Gasteiger partial charge in [-0.25, -0.2) is 0 Å². The molecule has 1 rings (SSSR count). The predicted octanol–water partition coefficient (Wildman–Crippen LogP) is 1.42. The van der Waals surface area contributed by atoms with Gasteiger partial charge in [0.05, 0.1) is 6.61 Å². The minimum Gasteiger partial charge on any atom is -0.396 e. The molecule has 0 aliphatic heterocycles. The van der Waals surface area contributed by atoms with Crippen LogP contribution < -0.4 is 0 Å². The fourth-order valence-corrected chi connectivity index (χ4v) is 1.90. The Morgan fingerprint density at radius 2 is 1.71 bits per heavy atom. The zero-order valence-electron chi connectivity index (χ0n) is 10.8. The van der Waals surface area contributed by atoms with Gasteiger partial charge in [-0.05, 0) is 31.0 Å². The van der Waals surface area contributed by atoms with Crippen molar-refractivity contribution in [1.82, 2.24) is 4.90 Å². The van der Waals surface area contributed by atoms with Crippen molar-refractivity contribution in [2.45, 2.75) is 32.4 Å². The normalized spacial score (nSPS) is 13.0. The van der Waals surface area contributed by atoms with E-state index in [1.165, 1.54) is 11.1 Å². The van der Waals surface area contributed by atoms with Gasteiger partial charge in [0.25, 0.3) is 0 Å². The van der Waals surface area contributed by atoms with E-state index in [1.807, 2.05) is 7.05 Å². The molecule has 1 unspecified atom stereocenters. The van der Waals surface area contributed by atoms with Crippen LogP contribution in [0, 0.1) is 0 Å². The van der Waals surface area contributed by atoms with Crippen molar-refractivity contribution in [3.63, 3.8) is 0 Å². The van der Waals surface area contributed by atoms with E-state index < -0.39 is 0 Å². The number of hydrogen-bond acceptors (Lipinski definition) is 3. The molecule has 1 aromatic carbocycles. The predicted molar refractivity (Wildman–Crippen MR) is 69.9 cm³/mol. The summed E-state index contributed by atoms with van der Waals surface area (Å²) >= 11 is 0. The maximum Gasteiger partial charge on any atom is 0.0587 e. The second kappa shape index (κ2) is 7.43. The average molecular weight is 237 g/mol. The summed E-state index contributed by atoms with van der Waals surface area (Å²) in [6, 6.07) is 8.57. The number of hydrogen-bond donors (Lipinski definition) is 2.